The van der Waals surface area contributed by atoms with Gasteiger partial charge in [-0.1, -0.05) is 6.07 Å². The van der Waals surface area contributed by atoms with Crippen LogP contribution in [0.25, 0.3) is 21.1 Å². The molecule has 9 heteroatoms. The van der Waals surface area contributed by atoms with Gasteiger partial charge in [-0.25, -0.2) is 28.5 Å². The first-order chi connectivity index (χ1) is 11.5. The molecule has 0 spiro atoms. The minimum atomic E-state index is -3.76. The summed E-state index contributed by atoms with van der Waals surface area (Å²) in [6, 6.07) is 10.1. The highest BCUT2D eigenvalue weighted by Gasteiger charge is 2.10. The summed E-state index contributed by atoms with van der Waals surface area (Å²) in [5.41, 5.74) is 3.87. The van der Waals surface area contributed by atoms with Crippen LogP contribution in [0.5, 0.6) is 0 Å². The number of thiazole rings is 1. The minimum absolute atomic E-state index is 0.0233. The van der Waals surface area contributed by atoms with Gasteiger partial charge in [0.2, 0.25) is 16.0 Å². The number of primary sulfonamides is 1. The van der Waals surface area contributed by atoms with Gasteiger partial charge in [0.15, 0.2) is 0 Å². The third kappa shape index (κ3) is 2.68. The molecular weight excluding hydrogens is 346 g/mol. The highest BCUT2D eigenvalue weighted by atomic mass is 32.2. The van der Waals surface area contributed by atoms with Crippen molar-refractivity contribution in [1.82, 2.24) is 15.0 Å². The lowest BCUT2D eigenvalue weighted by Gasteiger charge is -2.07. The van der Waals surface area contributed by atoms with Gasteiger partial charge in [0, 0.05) is 17.3 Å². The van der Waals surface area contributed by atoms with E-state index in [1.807, 2.05) is 12.1 Å². The van der Waals surface area contributed by atoms with Gasteiger partial charge in [-0.3, -0.25) is 0 Å². The Morgan fingerprint density at radius 3 is 2.79 bits per heavy atom. The number of hydrogen-bond acceptors (Lipinski definition) is 7. The van der Waals surface area contributed by atoms with Gasteiger partial charge in [0.25, 0.3) is 0 Å². The molecule has 2 aromatic carbocycles. The molecule has 0 radical (unpaired) electrons. The molecule has 24 heavy (non-hydrogen) atoms. The van der Waals surface area contributed by atoms with Crippen LogP contribution in [0.15, 0.2) is 53.0 Å². The topological polar surface area (TPSA) is 111 Å². The van der Waals surface area contributed by atoms with Gasteiger partial charge in [-0.05, 0) is 30.3 Å². The summed E-state index contributed by atoms with van der Waals surface area (Å²) in [6.45, 7) is 0. The molecule has 7 nitrogen and oxygen atoms in total. The van der Waals surface area contributed by atoms with Crippen molar-refractivity contribution in [3.8, 4) is 0 Å². The Kier molecular flexibility index (Phi) is 3.41. The second-order valence-electron chi connectivity index (χ2n) is 5.09. The van der Waals surface area contributed by atoms with Crippen molar-refractivity contribution in [2.24, 2.45) is 5.14 Å². The van der Waals surface area contributed by atoms with E-state index >= 15 is 0 Å². The maximum atomic E-state index is 11.4. The summed E-state index contributed by atoms with van der Waals surface area (Å²) in [4.78, 5) is 13.1. The van der Waals surface area contributed by atoms with Crippen molar-refractivity contribution in [2.45, 2.75) is 4.90 Å². The fourth-order valence-corrected chi connectivity index (χ4v) is 3.60. The first-order valence-corrected chi connectivity index (χ1v) is 9.32. The van der Waals surface area contributed by atoms with Crippen LogP contribution < -0.4 is 10.5 Å². The molecule has 0 aliphatic heterocycles. The van der Waals surface area contributed by atoms with E-state index in [-0.39, 0.29) is 4.90 Å². The summed E-state index contributed by atoms with van der Waals surface area (Å²) in [7, 11) is -3.76. The van der Waals surface area contributed by atoms with Gasteiger partial charge >= 0.3 is 0 Å². The molecule has 4 aromatic rings. The van der Waals surface area contributed by atoms with Crippen LogP contribution in [0.4, 0.5) is 11.6 Å². The zero-order valence-electron chi connectivity index (χ0n) is 12.2. The van der Waals surface area contributed by atoms with E-state index in [1.165, 1.54) is 12.1 Å². The van der Waals surface area contributed by atoms with E-state index in [9.17, 15) is 8.42 Å². The zero-order valence-corrected chi connectivity index (χ0v) is 13.8. The minimum Gasteiger partial charge on any atom is -0.324 e. The molecule has 2 heterocycles. The van der Waals surface area contributed by atoms with E-state index in [0.29, 0.717) is 11.6 Å². The fraction of sp³-hybridized carbons (Fsp3) is 0. The van der Waals surface area contributed by atoms with E-state index in [1.54, 1.807) is 35.2 Å². The highest BCUT2D eigenvalue weighted by Crippen LogP contribution is 2.26. The van der Waals surface area contributed by atoms with Crippen molar-refractivity contribution in [2.75, 3.05) is 5.32 Å². The monoisotopic (exact) mass is 357 g/mol. The largest absolute Gasteiger partial charge is 0.324 e. The molecule has 0 aliphatic carbocycles. The summed E-state index contributed by atoms with van der Waals surface area (Å²) in [5, 5.41) is 9.04. The van der Waals surface area contributed by atoms with Gasteiger partial charge < -0.3 is 5.32 Å². The average molecular weight is 357 g/mol. The molecule has 0 atom stereocenters. The molecule has 0 unspecified atom stereocenters. The third-order valence-electron chi connectivity index (χ3n) is 3.47. The molecule has 0 aliphatic rings. The van der Waals surface area contributed by atoms with Gasteiger partial charge in [0.05, 0.1) is 15.1 Å². The molecular formula is C15H11N5O2S2. The quantitative estimate of drug-likeness (QED) is 0.583. The van der Waals surface area contributed by atoms with Crippen molar-refractivity contribution in [3.63, 3.8) is 0 Å². The molecule has 2 aromatic heterocycles. The average Bonchev–Trinajstić information content (AvgIpc) is 3.03. The molecule has 3 N–H and O–H groups in total. The van der Waals surface area contributed by atoms with Crippen molar-refractivity contribution >= 4 is 54.1 Å². The Labute approximate surface area is 141 Å². The molecule has 0 fully saturated rings. The zero-order chi connectivity index (χ0) is 16.7. The van der Waals surface area contributed by atoms with Gasteiger partial charge in [-0.15, -0.1) is 11.3 Å². The molecule has 0 bridgehead atoms. The van der Waals surface area contributed by atoms with Crippen LogP contribution >= 0.6 is 11.3 Å². The third-order valence-corrected chi connectivity index (χ3v) is 5.17. The summed E-state index contributed by atoms with van der Waals surface area (Å²) >= 11 is 1.54. The fourth-order valence-electron chi connectivity index (χ4n) is 2.36. The summed E-state index contributed by atoms with van der Waals surface area (Å²) in [6.07, 6.45) is 1.70. The smallest absolute Gasteiger partial charge is 0.238 e. The van der Waals surface area contributed by atoms with Crippen molar-refractivity contribution < 1.29 is 8.42 Å². The Hall–Kier alpha value is -2.62. The molecule has 120 valence electrons. The molecule has 0 saturated heterocycles. The van der Waals surface area contributed by atoms with Crippen LogP contribution in [-0.4, -0.2) is 23.4 Å². The van der Waals surface area contributed by atoms with Crippen molar-refractivity contribution in [1.29, 1.82) is 0 Å². The lowest BCUT2D eigenvalue weighted by atomic mass is 10.2. The van der Waals surface area contributed by atoms with Gasteiger partial charge in [0.1, 0.15) is 11.0 Å². The number of nitrogens with zero attached hydrogens (tertiary/aromatic N) is 3. The molecule has 0 saturated carbocycles. The van der Waals surface area contributed by atoms with Crippen LogP contribution in [0.1, 0.15) is 0 Å². The predicted octanol–water partition coefficient (Wildman–Crippen LogP) is 2.63. The second kappa shape index (κ2) is 5.48. The Bertz CT molecular complexity index is 1170. The number of benzene rings is 2. The maximum absolute atomic E-state index is 11.4. The van der Waals surface area contributed by atoms with E-state index in [2.05, 4.69) is 20.3 Å². The number of aromatic nitrogens is 3. The van der Waals surface area contributed by atoms with Crippen LogP contribution in [0.3, 0.4) is 0 Å². The number of rotatable bonds is 3. The lowest BCUT2D eigenvalue weighted by Crippen LogP contribution is -2.12. The number of sulfonamides is 1. The molecule has 4 rings (SSSR count). The number of nitrogens with two attached hydrogens (primary N) is 1. The lowest BCUT2D eigenvalue weighted by molar-refractivity contribution is 0.598. The number of anilines is 2. The Morgan fingerprint density at radius 1 is 1.08 bits per heavy atom. The number of fused-ring (bicyclic) bond motifs is 3. The van der Waals surface area contributed by atoms with Crippen LogP contribution in [0.2, 0.25) is 0 Å². The second-order valence-corrected chi connectivity index (χ2v) is 7.54. The highest BCUT2D eigenvalue weighted by molar-refractivity contribution is 7.89. The molecule has 0 amide bonds. The van der Waals surface area contributed by atoms with E-state index in [4.69, 9.17) is 5.14 Å². The normalized spacial score (nSPS) is 11.9. The van der Waals surface area contributed by atoms with Gasteiger partial charge in [-0.2, -0.15) is 0 Å². The van der Waals surface area contributed by atoms with Crippen molar-refractivity contribution in [3.05, 3.63) is 48.1 Å². The number of hydrogen-bond donors (Lipinski definition) is 2. The van der Waals surface area contributed by atoms with Crippen LogP contribution in [-0.2, 0) is 10.0 Å². The number of nitrogens with one attached hydrogen (secondary N) is 1. The first-order valence-electron chi connectivity index (χ1n) is 6.89. The first kappa shape index (κ1) is 14.9. The summed E-state index contributed by atoms with van der Waals surface area (Å²) < 4.78 is 23.9. The Morgan fingerprint density at radius 2 is 1.96 bits per heavy atom. The Balaban J connectivity index is 1.77. The SMILES string of the molecule is NS(=O)(=O)c1cccc(Nc2ncc3ccc4scnc4c3n2)c1. The maximum Gasteiger partial charge on any atom is 0.238 e. The summed E-state index contributed by atoms with van der Waals surface area (Å²) in [5.74, 6) is 0.356. The standard InChI is InChI=1S/C15H11N5O2S2/c16-24(21,22)11-3-1-2-10(6-11)19-15-17-7-9-4-5-12-14(13(9)20-15)18-8-23-12/h1-8H,(H2,16,21,22)(H,17,19,20). The van der Waals surface area contributed by atoms with E-state index in [0.717, 1.165) is 21.1 Å². The van der Waals surface area contributed by atoms with Crippen LogP contribution in [0, 0.1) is 0 Å². The van der Waals surface area contributed by atoms with E-state index < -0.39 is 10.0 Å². The predicted molar refractivity (Wildman–Crippen MR) is 93.8 cm³/mol.